The van der Waals surface area contributed by atoms with Crippen LogP contribution in [0.5, 0.6) is 0 Å². The Morgan fingerprint density at radius 3 is 0.840 bits per heavy atom. The van der Waals surface area contributed by atoms with E-state index in [4.69, 9.17) is 37.0 Å². The standard InChI is InChI=1S/C87H148O17P2/c1-5-9-13-17-21-25-29-33-37-39-40-42-46-50-54-58-62-66-70-74-87(92)104-83(78-98-85(90)72-68-64-60-56-52-48-45-41-38-34-30-26-22-18-14-10-6-2)80-102-106(95,96)100-76-81(88)75-99-105(93,94)101-79-82(103-86(91)73-69-65-61-57-53-49-44-36-32-28-24-20-16-12-8-4)77-97-84(89)71-67-63-59-55-51-47-43-35-31-27-23-19-15-11-7-3/h21-22,25-26,28,32-35,37-38,40,42-43,45,48,50,54,56,60,62,66,81-83,88H,5-20,23-24,27,29-31,36,39,41,44,46-47,49,51-53,55,57-59,61,63-65,67-80H2,1-4H3,(H,93,94)(H,95,96)/b25-21-,26-22-,32-28-,37-33-,38-34-,42-40-,43-35-,48-45-,54-50-,60-56-,66-62-/t81-,82+,83+/m0/s1. The van der Waals surface area contributed by atoms with Crippen LogP contribution in [0.3, 0.4) is 0 Å². The second-order valence-electron chi connectivity index (χ2n) is 27.3. The third-order valence-electron chi connectivity index (χ3n) is 17.1. The minimum Gasteiger partial charge on any atom is -0.462 e. The smallest absolute Gasteiger partial charge is 0.462 e. The first kappa shape index (κ1) is 101. The third-order valence-corrected chi connectivity index (χ3v) is 19.0. The normalized spacial score (nSPS) is 14.5. The SMILES string of the molecule is CCCCC/C=C\C/C=C\C/C=C\C/C=C\C/C=C\CCC(=O)O[C@H](COC(=O)CCC/C=C\C/C=C\C/C=C\C/C=C\CCCCC)COP(=O)(O)OC[C@@H](O)COP(=O)(O)OC[C@@H](COC(=O)CCCCCCC/C=C\CCCCCCCC)OC(=O)CCCCCCCCC/C=C\CCCCCC. The van der Waals surface area contributed by atoms with Crippen LogP contribution in [-0.4, -0.2) is 96.7 Å². The molecule has 0 radical (unpaired) electrons. The number of carbonyl (C=O) groups is 4. The summed E-state index contributed by atoms with van der Waals surface area (Å²) < 4.78 is 68.5. The number of unbranched alkanes of at least 4 members (excludes halogenated alkanes) is 29. The Morgan fingerprint density at radius 2 is 0.491 bits per heavy atom. The van der Waals surface area contributed by atoms with Crippen molar-refractivity contribution >= 4 is 39.5 Å². The van der Waals surface area contributed by atoms with E-state index in [-0.39, 0.29) is 25.7 Å². The number of phosphoric acid groups is 2. The number of allylic oxidation sites excluding steroid dienone is 22. The molecular weight excluding hydrogens is 1380 g/mol. The van der Waals surface area contributed by atoms with Gasteiger partial charge in [-0.15, -0.1) is 0 Å². The first-order valence-corrected chi connectivity index (χ1v) is 44.4. The van der Waals surface area contributed by atoms with Gasteiger partial charge in [0.2, 0.25) is 0 Å². The summed E-state index contributed by atoms with van der Waals surface area (Å²) in [7, 11) is -10.0. The fourth-order valence-corrected chi connectivity index (χ4v) is 12.3. The molecule has 0 aliphatic heterocycles. The maximum Gasteiger partial charge on any atom is 0.472 e. The summed E-state index contributed by atoms with van der Waals surface area (Å²) in [6.45, 7) is 4.66. The molecule has 106 heavy (non-hydrogen) atoms. The average molecular weight is 1530 g/mol. The highest BCUT2D eigenvalue weighted by Crippen LogP contribution is 2.45. The lowest BCUT2D eigenvalue weighted by Crippen LogP contribution is -2.30. The van der Waals surface area contributed by atoms with Crippen LogP contribution in [0.2, 0.25) is 0 Å². The molecule has 0 amide bonds. The van der Waals surface area contributed by atoms with Crippen LogP contribution in [0.25, 0.3) is 0 Å². The van der Waals surface area contributed by atoms with Gasteiger partial charge in [0.15, 0.2) is 12.2 Å². The molecule has 3 N–H and O–H groups in total. The zero-order chi connectivity index (χ0) is 77.4. The molecule has 19 heteroatoms. The first-order chi connectivity index (χ1) is 51.7. The number of esters is 4. The van der Waals surface area contributed by atoms with Gasteiger partial charge < -0.3 is 33.8 Å². The van der Waals surface area contributed by atoms with Gasteiger partial charge in [0.25, 0.3) is 0 Å². The zero-order valence-corrected chi connectivity index (χ0v) is 68.4. The predicted molar refractivity (Wildman–Crippen MR) is 436 cm³/mol. The van der Waals surface area contributed by atoms with Crippen molar-refractivity contribution in [3.63, 3.8) is 0 Å². The molecule has 17 nitrogen and oxygen atoms in total. The lowest BCUT2D eigenvalue weighted by Gasteiger charge is -2.21. The zero-order valence-electron chi connectivity index (χ0n) is 66.6. The van der Waals surface area contributed by atoms with Crippen molar-refractivity contribution in [2.24, 2.45) is 0 Å². The summed E-state index contributed by atoms with van der Waals surface area (Å²) in [5.74, 6) is -2.35. The Labute approximate surface area is 644 Å². The van der Waals surface area contributed by atoms with Gasteiger partial charge in [0.1, 0.15) is 19.3 Å². The largest absolute Gasteiger partial charge is 0.472 e. The molecule has 2 unspecified atom stereocenters. The Kier molecular flexibility index (Phi) is 74.8. The lowest BCUT2D eigenvalue weighted by molar-refractivity contribution is -0.161. The van der Waals surface area contributed by atoms with Gasteiger partial charge in [-0.2, -0.15) is 0 Å². The van der Waals surface area contributed by atoms with Crippen LogP contribution >= 0.6 is 15.6 Å². The Bertz CT molecular complexity index is 2530. The molecule has 0 aromatic carbocycles. The molecule has 0 spiro atoms. The van der Waals surface area contributed by atoms with E-state index in [0.29, 0.717) is 38.5 Å². The maximum absolute atomic E-state index is 13.1. The second kappa shape index (κ2) is 78.3. The van der Waals surface area contributed by atoms with Crippen molar-refractivity contribution in [1.29, 1.82) is 0 Å². The quantitative estimate of drug-likeness (QED) is 0.0169. The number of ether oxygens (including phenoxy) is 4. The number of hydrogen-bond donors (Lipinski definition) is 3. The van der Waals surface area contributed by atoms with Gasteiger partial charge in [-0.05, 0) is 154 Å². The minimum absolute atomic E-state index is 0.0432. The highest BCUT2D eigenvalue weighted by molar-refractivity contribution is 7.47. The number of rotatable bonds is 77. The number of phosphoric ester groups is 2. The fourth-order valence-electron chi connectivity index (χ4n) is 10.7. The number of aliphatic hydroxyl groups excluding tert-OH is 1. The lowest BCUT2D eigenvalue weighted by atomic mass is 10.1. The van der Waals surface area contributed by atoms with Crippen molar-refractivity contribution in [3.05, 3.63) is 134 Å². The van der Waals surface area contributed by atoms with Gasteiger partial charge in [0, 0.05) is 25.7 Å². The van der Waals surface area contributed by atoms with E-state index >= 15 is 0 Å². The third kappa shape index (κ3) is 77.4. The molecule has 0 rings (SSSR count). The minimum atomic E-state index is -5.01. The number of hydrogen-bond acceptors (Lipinski definition) is 15. The molecule has 608 valence electrons. The van der Waals surface area contributed by atoms with Crippen LogP contribution in [-0.2, 0) is 65.4 Å². The van der Waals surface area contributed by atoms with Crippen molar-refractivity contribution in [2.75, 3.05) is 39.6 Å². The number of carbonyl (C=O) groups excluding carboxylic acids is 4. The summed E-state index contributed by atoms with van der Waals surface area (Å²) in [5.41, 5.74) is 0. The van der Waals surface area contributed by atoms with Crippen LogP contribution in [0, 0.1) is 0 Å². The molecule has 0 saturated heterocycles. The van der Waals surface area contributed by atoms with Crippen molar-refractivity contribution in [2.45, 2.75) is 354 Å². The van der Waals surface area contributed by atoms with Crippen molar-refractivity contribution in [3.8, 4) is 0 Å². The summed E-state index contributed by atoms with van der Waals surface area (Å²) in [6, 6.07) is 0. The summed E-state index contributed by atoms with van der Waals surface area (Å²) in [6.07, 6.45) is 88.7. The van der Waals surface area contributed by atoms with E-state index < -0.39 is 97.5 Å². The highest BCUT2D eigenvalue weighted by Gasteiger charge is 2.30. The number of aliphatic hydroxyl groups is 1. The molecular formula is C87H148O17P2. The Balaban J connectivity index is 5.50. The van der Waals surface area contributed by atoms with Gasteiger partial charge in [-0.1, -0.05) is 290 Å². The fraction of sp³-hybridized carbons (Fsp3) is 0.701. The molecule has 0 fully saturated rings. The van der Waals surface area contributed by atoms with Crippen LogP contribution in [0.1, 0.15) is 336 Å². The summed E-state index contributed by atoms with van der Waals surface area (Å²) in [5, 5.41) is 10.7. The van der Waals surface area contributed by atoms with Crippen molar-refractivity contribution < 1.29 is 80.2 Å². The molecule has 0 bridgehead atoms. The van der Waals surface area contributed by atoms with E-state index in [0.717, 1.165) is 141 Å². The average Bonchev–Trinajstić information content (AvgIpc) is 0.902. The summed E-state index contributed by atoms with van der Waals surface area (Å²) in [4.78, 5) is 73.1. The van der Waals surface area contributed by atoms with Crippen molar-refractivity contribution in [1.82, 2.24) is 0 Å². The molecule has 0 aliphatic rings. The van der Waals surface area contributed by atoms with E-state index in [1.807, 2.05) is 30.4 Å². The van der Waals surface area contributed by atoms with Gasteiger partial charge in [-0.3, -0.25) is 37.3 Å². The van der Waals surface area contributed by atoms with E-state index in [1.165, 1.54) is 103 Å². The molecule has 0 heterocycles. The molecule has 0 saturated carbocycles. The molecule has 0 aromatic rings. The van der Waals surface area contributed by atoms with Crippen LogP contribution in [0.15, 0.2) is 134 Å². The first-order valence-electron chi connectivity index (χ1n) is 41.4. The molecule has 0 aliphatic carbocycles. The maximum atomic E-state index is 13.1. The van der Waals surface area contributed by atoms with Crippen LogP contribution in [0.4, 0.5) is 0 Å². The van der Waals surface area contributed by atoms with E-state index in [1.54, 1.807) is 0 Å². The van der Waals surface area contributed by atoms with Crippen LogP contribution < -0.4 is 0 Å². The Hall–Kier alpha value is -4.80. The van der Waals surface area contributed by atoms with Gasteiger partial charge in [0.05, 0.1) is 26.4 Å². The predicted octanol–water partition coefficient (Wildman–Crippen LogP) is 24.4. The van der Waals surface area contributed by atoms with Gasteiger partial charge >= 0.3 is 39.5 Å². The highest BCUT2D eigenvalue weighted by atomic mass is 31.2. The van der Waals surface area contributed by atoms with Gasteiger partial charge in [-0.25, -0.2) is 9.13 Å². The Morgan fingerprint density at radius 1 is 0.264 bits per heavy atom. The summed E-state index contributed by atoms with van der Waals surface area (Å²) >= 11 is 0. The molecule has 0 aromatic heterocycles. The second-order valence-corrected chi connectivity index (χ2v) is 30.3. The van der Waals surface area contributed by atoms with E-state index in [9.17, 15) is 43.2 Å². The van der Waals surface area contributed by atoms with E-state index in [2.05, 4.69) is 131 Å². The topological polar surface area (TPSA) is 237 Å². The molecule has 5 atom stereocenters. The monoisotopic (exact) mass is 1530 g/mol.